The molecule has 0 aromatic carbocycles. The second-order valence-electron chi connectivity index (χ2n) is 2.61. The zero-order valence-electron chi connectivity index (χ0n) is 6.79. The standard InChI is InChI=1S/C7H15NO2.ClH/c1-9-6-2-3-10-7(4-6)5-8;/h6-7H,2-5,8H2,1H3;1H/t6-,7+;/m1./s1. The maximum atomic E-state index is 5.44. The third-order valence-electron chi connectivity index (χ3n) is 1.92. The lowest BCUT2D eigenvalue weighted by Crippen LogP contribution is -2.35. The maximum Gasteiger partial charge on any atom is 0.0722 e. The summed E-state index contributed by atoms with van der Waals surface area (Å²) in [6, 6.07) is 0. The summed E-state index contributed by atoms with van der Waals surface area (Å²) in [4.78, 5) is 0. The highest BCUT2D eigenvalue weighted by atomic mass is 35.5. The molecule has 0 aliphatic carbocycles. The Morgan fingerprint density at radius 3 is 2.91 bits per heavy atom. The van der Waals surface area contributed by atoms with Crippen LogP contribution in [0.5, 0.6) is 0 Å². The van der Waals surface area contributed by atoms with Gasteiger partial charge >= 0.3 is 0 Å². The Kier molecular flexibility index (Phi) is 5.86. The Bertz CT molecular complexity index is 92.4. The van der Waals surface area contributed by atoms with Crippen molar-refractivity contribution in [3.8, 4) is 0 Å². The third kappa shape index (κ3) is 3.38. The number of nitrogens with two attached hydrogens (primary N) is 1. The van der Waals surface area contributed by atoms with Gasteiger partial charge in [0.15, 0.2) is 0 Å². The van der Waals surface area contributed by atoms with Crippen molar-refractivity contribution < 1.29 is 9.47 Å². The molecule has 68 valence electrons. The minimum absolute atomic E-state index is 0. The zero-order valence-corrected chi connectivity index (χ0v) is 7.60. The van der Waals surface area contributed by atoms with E-state index in [2.05, 4.69) is 0 Å². The van der Waals surface area contributed by atoms with Crippen molar-refractivity contribution in [2.45, 2.75) is 25.0 Å². The van der Waals surface area contributed by atoms with E-state index in [1.165, 1.54) is 0 Å². The molecule has 0 aromatic heterocycles. The molecule has 11 heavy (non-hydrogen) atoms. The number of rotatable bonds is 2. The number of hydrogen-bond acceptors (Lipinski definition) is 3. The first-order valence-corrected chi connectivity index (χ1v) is 3.71. The van der Waals surface area contributed by atoms with Crippen molar-refractivity contribution in [1.29, 1.82) is 0 Å². The summed E-state index contributed by atoms with van der Waals surface area (Å²) in [7, 11) is 1.74. The highest BCUT2D eigenvalue weighted by Gasteiger charge is 2.20. The molecule has 0 saturated carbocycles. The van der Waals surface area contributed by atoms with E-state index < -0.39 is 0 Å². The quantitative estimate of drug-likeness (QED) is 0.677. The van der Waals surface area contributed by atoms with Crippen molar-refractivity contribution in [2.24, 2.45) is 5.73 Å². The molecule has 1 heterocycles. The largest absolute Gasteiger partial charge is 0.381 e. The molecule has 0 spiro atoms. The lowest BCUT2D eigenvalue weighted by Gasteiger charge is -2.27. The average Bonchev–Trinajstić information content (AvgIpc) is 2.05. The van der Waals surface area contributed by atoms with E-state index in [0.29, 0.717) is 12.6 Å². The van der Waals surface area contributed by atoms with Gasteiger partial charge in [0.1, 0.15) is 0 Å². The van der Waals surface area contributed by atoms with Crippen LogP contribution in [0, 0.1) is 0 Å². The molecule has 1 rings (SSSR count). The molecular weight excluding hydrogens is 166 g/mol. The molecule has 1 fully saturated rings. The fraction of sp³-hybridized carbons (Fsp3) is 1.00. The van der Waals surface area contributed by atoms with Gasteiger partial charge in [0, 0.05) is 26.7 Å². The molecule has 1 aliphatic rings. The van der Waals surface area contributed by atoms with E-state index in [-0.39, 0.29) is 18.5 Å². The van der Waals surface area contributed by atoms with Crippen LogP contribution < -0.4 is 5.73 Å². The fourth-order valence-electron chi connectivity index (χ4n) is 1.22. The van der Waals surface area contributed by atoms with Crippen LogP contribution in [0.3, 0.4) is 0 Å². The minimum atomic E-state index is 0. The van der Waals surface area contributed by atoms with Gasteiger partial charge in [0.05, 0.1) is 12.2 Å². The molecule has 1 saturated heterocycles. The fourth-order valence-corrected chi connectivity index (χ4v) is 1.22. The molecule has 2 N–H and O–H groups in total. The van der Waals surface area contributed by atoms with Gasteiger partial charge in [-0.25, -0.2) is 0 Å². The second kappa shape index (κ2) is 5.77. The molecule has 4 heteroatoms. The van der Waals surface area contributed by atoms with Crippen molar-refractivity contribution in [3.63, 3.8) is 0 Å². The summed E-state index contributed by atoms with van der Waals surface area (Å²) in [5.74, 6) is 0. The highest BCUT2D eigenvalue weighted by Crippen LogP contribution is 2.14. The number of halogens is 1. The predicted octanol–water partition coefficient (Wildman–Crippen LogP) is 0.561. The first kappa shape index (κ1) is 11.2. The van der Waals surface area contributed by atoms with E-state index in [1.54, 1.807) is 7.11 Å². The maximum absolute atomic E-state index is 5.44. The predicted molar refractivity (Wildman–Crippen MR) is 46.1 cm³/mol. The Balaban J connectivity index is 0.000001000. The third-order valence-corrected chi connectivity index (χ3v) is 1.92. The van der Waals surface area contributed by atoms with Crippen molar-refractivity contribution in [1.82, 2.24) is 0 Å². The Hall–Kier alpha value is 0.170. The number of hydrogen-bond donors (Lipinski definition) is 1. The Morgan fingerprint density at radius 2 is 2.36 bits per heavy atom. The molecule has 2 atom stereocenters. The van der Waals surface area contributed by atoms with Crippen LogP contribution in [-0.4, -0.2) is 32.5 Å². The smallest absolute Gasteiger partial charge is 0.0722 e. The summed E-state index contributed by atoms with van der Waals surface area (Å²) >= 11 is 0. The van der Waals surface area contributed by atoms with Crippen LogP contribution in [0.25, 0.3) is 0 Å². The zero-order chi connectivity index (χ0) is 7.40. The lowest BCUT2D eigenvalue weighted by atomic mass is 10.1. The molecule has 1 aliphatic heterocycles. The summed E-state index contributed by atoms with van der Waals surface area (Å²) in [6.07, 6.45) is 2.54. The van der Waals surface area contributed by atoms with Crippen molar-refractivity contribution >= 4 is 12.4 Å². The van der Waals surface area contributed by atoms with Gasteiger partial charge < -0.3 is 15.2 Å². The normalized spacial score (nSPS) is 31.1. The van der Waals surface area contributed by atoms with E-state index >= 15 is 0 Å². The molecule has 3 nitrogen and oxygen atoms in total. The summed E-state index contributed by atoms with van der Waals surface area (Å²) in [6.45, 7) is 1.40. The summed E-state index contributed by atoms with van der Waals surface area (Å²) in [5.41, 5.74) is 5.44. The average molecular weight is 182 g/mol. The molecular formula is C7H16ClNO2. The second-order valence-corrected chi connectivity index (χ2v) is 2.61. The lowest BCUT2D eigenvalue weighted by molar-refractivity contribution is -0.0540. The van der Waals surface area contributed by atoms with Crippen molar-refractivity contribution in [2.75, 3.05) is 20.3 Å². The molecule has 0 aromatic rings. The molecule has 0 unspecified atom stereocenters. The van der Waals surface area contributed by atoms with Gasteiger partial charge in [0.2, 0.25) is 0 Å². The van der Waals surface area contributed by atoms with Gasteiger partial charge in [-0.2, -0.15) is 0 Å². The van der Waals surface area contributed by atoms with E-state index in [1.807, 2.05) is 0 Å². The summed E-state index contributed by atoms with van der Waals surface area (Å²) in [5, 5.41) is 0. The van der Waals surface area contributed by atoms with E-state index in [9.17, 15) is 0 Å². The van der Waals surface area contributed by atoms with Gasteiger partial charge in [-0.15, -0.1) is 12.4 Å². The van der Waals surface area contributed by atoms with Crippen LogP contribution in [-0.2, 0) is 9.47 Å². The first-order valence-electron chi connectivity index (χ1n) is 3.71. The van der Waals surface area contributed by atoms with Crippen LogP contribution in [0.15, 0.2) is 0 Å². The first-order chi connectivity index (χ1) is 4.86. The molecule has 0 radical (unpaired) electrons. The summed E-state index contributed by atoms with van der Waals surface area (Å²) < 4.78 is 10.5. The number of methoxy groups -OCH3 is 1. The van der Waals surface area contributed by atoms with E-state index in [0.717, 1.165) is 19.4 Å². The van der Waals surface area contributed by atoms with Gasteiger partial charge in [-0.05, 0) is 6.42 Å². The molecule has 0 bridgehead atoms. The van der Waals surface area contributed by atoms with Crippen LogP contribution in [0.1, 0.15) is 12.8 Å². The van der Waals surface area contributed by atoms with Gasteiger partial charge in [-0.1, -0.05) is 0 Å². The Labute approximate surface area is 73.6 Å². The number of ether oxygens (including phenoxy) is 2. The monoisotopic (exact) mass is 181 g/mol. The minimum Gasteiger partial charge on any atom is -0.381 e. The van der Waals surface area contributed by atoms with Gasteiger partial charge in [0.25, 0.3) is 0 Å². The van der Waals surface area contributed by atoms with Gasteiger partial charge in [-0.3, -0.25) is 0 Å². The van der Waals surface area contributed by atoms with Crippen LogP contribution >= 0.6 is 12.4 Å². The van der Waals surface area contributed by atoms with E-state index in [4.69, 9.17) is 15.2 Å². The SMILES string of the molecule is CO[C@@H]1CCO[C@H](CN)C1.Cl. The van der Waals surface area contributed by atoms with Crippen molar-refractivity contribution in [3.05, 3.63) is 0 Å². The molecule has 0 amide bonds. The van der Waals surface area contributed by atoms with Crippen LogP contribution in [0.2, 0.25) is 0 Å². The topological polar surface area (TPSA) is 44.5 Å². The van der Waals surface area contributed by atoms with Crippen LogP contribution in [0.4, 0.5) is 0 Å². The Morgan fingerprint density at radius 1 is 1.64 bits per heavy atom. The highest BCUT2D eigenvalue weighted by molar-refractivity contribution is 5.85.